The van der Waals surface area contributed by atoms with Gasteiger partial charge >= 0.3 is 0 Å². The van der Waals surface area contributed by atoms with Crippen LogP contribution in [0, 0.1) is 11.7 Å². The summed E-state index contributed by atoms with van der Waals surface area (Å²) in [6.07, 6.45) is 1.26. The molecule has 0 bridgehead atoms. The van der Waals surface area contributed by atoms with Crippen LogP contribution in [0.2, 0.25) is 0 Å². The number of aromatic hydroxyl groups is 1. The Balaban J connectivity index is 1.35. The van der Waals surface area contributed by atoms with E-state index < -0.39 is 27.7 Å². The molecule has 5 N–H and O–H groups in total. The normalized spacial score (nSPS) is 17.1. The number of halogens is 1. The lowest BCUT2D eigenvalue weighted by atomic mass is 9.97. The molecule has 0 saturated carbocycles. The van der Waals surface area contributed by atoms with Crippen molar-refractivity contribution in [3.05, 3.63) is 48.3 Å². The van der Waals surface area contributed by atoms with E-state index in [1.807, 2.05) is 4.90 Å². The quantitative estimate of drug-likeness (QED) is 0.378. The van der Waals surface area contributed by atoms with Gasteiger partial charge in [-0.3, -0.25) is 14.5 Å². The van der Waals surface area contributed by atoms with Crippen LogP contribution >= 0.6 is 0 Å². The van der Waals surface area contributed by atoms with Crippen LogP contribution in [-0.4, -0.2) is 54.9 Å². The van der Waals surface area contributed by atoms with Gasteiger partial charge in [-0.2, -0.15) is 0 Å². The van der Waals surface area contributed by atoms with Gasteiger partial charge < -0.3 is 15.4 Å². The molecular formula is C22H23FN6O5S. The van der Waals surface area contributed by atoms with Gasteiger partial charge in [0.1, 0.15) is 5.82 Å². The number of anilines is 1. The van der Waals surface area contributed by atoms with Crippen molar-refractivity contribution in [2.24, 2.45) is 21.3 Å². The number of fused-ring (bicyclic) bond motifs is 1. The number of primary sulfonamides is 1. The highest BCUT2D eigenvalue weighted by Crippen LogP contribution is 2.36. The zero-order chi connectivity index (χ0) is 25.2. The summed E-state index contributed by atoms with van der Waals surface area (Å²) < 4.78 is 36.0. The van der Waals surface area contributed by atoms with Crippen LogP contribution in [0.25, 0.3) is 10.9 Å². The second kappa shape index (κ2) is 9.90. The van der Waals surface area contributed by atoms with Crippen LogP contribution in [0.15, 0.2) is 57.6 Å². The summed E-state index contributed by atoms with van der Waals surface area (Å²) in [4.78, 5) is 29.4. The highest BCUT2D eigenvalue weighted by molar-refractivity contribution is 7.89. The first kappa shape index (κ1) is 24.4. The summed E-state index contributed by atoms with van der Waals surface area (Å²) in [6.45, 7) is 0.959. The van der Waals surface area contributed by atoms with E-state index in [1.165, 1.54) is 42.5 Å². The number of carbonyl (C=O) groups is 2. The molecule has 1 aliphatic heterocycles. The maximum atomic E-state index is 13.4. The molecule has 13 heteroatoms. The summed E-state index contributed by atoms with van der Waals surface area (Å²) in [5, 5.41) is 25.9. The Morgan fingerprint density at radius 1 is 1.23 bits per heavy atom. The third-order valence-electron chi connectivity index (χ3n) is 5.65. The van der Waals surface area contributed by atoms with E-state index >= 15 is 0 Å². The van der Waals surface area contributed by atoms with Crippen molar-refractivity contribution < 1.29 is 27.5 Å². The van der Waals surface area contributed by atoms with Crippen LogP contribution < -0.4 is 10.5 Å². The molecule has 4 rings (SSSR count). The van der Waals surface area contributed by atoms with Crippen molar-refractivity contribution in [2.45, 2.75) is 17.7 Å². The van der Waals surface area contributed by atoms with Crippen molar-refractivity contribution in [1.29, 1.82) is 0 Å². The average Bonchev–Trinajstić information content (AvgIpc) is 3.11. The van der Waals surface area contributed by atoms with Crippen molar-refractivity contribution in [1.82, 2.24) is 9.88 Å². The molecular weight excluding hydrogens is 479 g/mol. The second-order valence-corrected chi connectivity index (χ2v) is 9.80. The number of carbonyl (C=O) groups excluding carboxylic acids is 2. The number of benzene rings is 2. The van der Waals surface area contributed by atoms with Gasteiger partial charge in [0.15, 0.2) is 5.69 Å². The van der Waals surface area contributed by atoms with Gasteiger partial charge in [-0.15, -0.1) is 10.2 Å². The van der Waals surface area contributed by atoms with E-state index in [2.05, 4.69) is 20.5 Å². The van der Waals surface area contributed by atoms with E-state index in [4.69, 9.17) is 5.14 Å². The predicted octanol–water partition coefficient (Wildman–Crippen LogP) is 2.62. The van der Waals surface area contributed by atoms with Crippen LogP contribution in [-0.2, 0) is 19.6 Å². The molecule has 2 aromatic carbocycles. The van der Waals surface area contributed by atoms with Gasteiger partial charge in [0.25, 0.3) is 5.91 Å². The first-order valence-corrected chi connectivity index (χ1v) is 12.3. The molecule has 1 unspecified atom stereocenters. The highest BCUT2D eigenvalue weighted by Gasteiger charge is 2.27. The summed E-state index contributed by atoms with van der Waals surface area (Å²) in [5.74, 6) is -2.07. The zero-order valence-electron chi connectivity index (χ0n) is 18.4. The number of likely N-dealkylation sites (tertiary alicyclic amines) is 1. The molecule has 2 amide bonds. The van der Waals surface area contributed by atoms with Crippen LogP contribution in [0.4, 0.5) is 15.8 Å². The van der Waals surface area contributed by atoms with Crippen LogP contribution in [0.1, 0.15) is 12.8 Å². The van der Waals surface area contributed by atoms with Crippen molar-refractivity contribution in [3.8, 4) is 5.88 Å². The topological polar surface area (TPSA) is 170 Å². The minimum atomic E-state index is -3.82. The van der Waals surface area contributed by atoms with E-state index in [1.54, 1.807) is 0 Å². The number of piperidine rings is 1. The smallest absolute Gasteiger partial charge is 0.269 e. The van der Waals surface area contributed by atoms with Crippen LogP contribution in [0.5, 0.6) is 5.88 Å². The molecule has 1 fully saturated rings. The number of nitrogens with one attached hydrogen (secondary N) is 2. The summed E-state index contributed by atoms with van der Waals surface area (Å²) in [6, 6.07) is 9.33. The number of aromatic amines is 1. The molecule has 1 aliphatic rings. The van der Waals surface area contributed by atoms with Crippen molar-refractivity contribution in [2.75, 3.05) is 25.0 Å². The number of amides is 2. The average molecular weight is 503 g/mol. The van der Waals surface area contributed by atoms with E-state index in [0.29, 0.717) is 42.5 Å². The molecule has 2 heterocycles. The molecule has 1 atom stereocenters. The van der Waals surface area contributed by atoms with Gasteiger partial charge in [0.05, 0.1) is 22.9 Å². The fourth-order valence-corrected chi connectivity index (χ4v) is 4.47. The molecule has 0 radical (unpaired) electrons. The predicted molar refractivity (Wildman–Crippen MR) is 125 cm³/mol. The first-order valence-electron chi connectivity index (χ1n) is 10.7. The maximum Gasteiger partial charge on any atom is 0.269 e. The lowest BCUT2D eigenvalue weighted by Crippen LogP contribution is -2.42. The van der Waals surface area contributed by atoms with E-state index in [0.717, 1.165) is 0 Å². The summed E-state index contributed by atoms with van der Waals surface area (Å²) in [5.41, 5.74) is 0.797. The van der Waals surface area contributed by atoms with Crippen molar-refractivity contribution in [3.63, 3.8) is 0 Å². The number of azo groups is 1. The molecule has 0 spiro atoms. The second-order valence-electron chi connectivity index (χ2n) is 8.24. The van der Waals surface area contributed by atoms with Crippen molar-refractivity contribution >= 4 is 44.1 Å². The zero-order valence-corrected chi connectivity index (χ0v) is 19.3. The lowest BCUT2D eigenvalue weighted by Gasteiger charge is -2.30. The fraction of sp³-hybridized carbons (Fsp3) is 0.273. The minimum Gasteiger partial charge on any atom is -0.493 e. The molecule has 0 aliphatic carbocycles. The minimum absolute atomic E-state index is 0.0344. The Morgan fingerprint density at radius 3 is 2.69 bits per heavy atom. The first-order chi connectivity index (χ1) is 16.6. The number of nitrogens with zero attached hydrogens (tertiary/aromatic N) is 3. The lowest BCUT2D eigenvalue weighted by molar-refractivity contribution is -0.125. The molecule has 1 aromatic heterocycles. The van der Waals surface area contributed by atoms with E-state index in [-0.39, 0.29) is 28.9 Å². The number of sulfonamides is 1. The Morgan fingerprint density at radius 2 is 1.97 bits per heavy atom. The Labute approximate surface area is 199 Å². The number of nitrogens with two attached hydrogens (primary N) is 1. The summed E-state index contributed by atoms with van der Waals surface area (Å²) in [7, 11) is -3.82. The standard InChI is InChI=1S/C22H23FN6O5S/c23-14-3-8-17-18(10-14)26-22(32)20(17)27-28-21(31)13-2-1-9-29(11-13)12-19(30)25-15-4-6-16(7-5-15)35(24,33)34/h3-8,10,13,26,32H,1-2,9,11-12H2,(H,25,30)(H2,24,33,34). The largest absolute Gasteiger partial charge is 0.493 e. The van der Waals surface area contributed by atoms with Gasteiger partial charge in [-0.1, -0.05) is 0 Å². The molecule has 184 valence electrons. The van der Waals surface area contributed by atoms with Crippen LogP contribution in [0.3, 0.4) is 0 Å². The number of aromatic nitrogens is 1. The third kappa shape index (κ3) is 5.88. The number of H-pyrrole nitrogens is 1. The molecule has 35 heavy (non-hydrogen) atoms. The Bertz CT molecular complexity index is 1400. The number of hydrogen-bond acceptors (Lipinski definition) is 7. The fourth-order valence-electron chi connectivity index (χ4n) is 3.96. The number of rotatable bonds is 6. The summed E-state index contributed by atoms with van der Waals surface area (Å²) >= 11 is 0. The van der Waals surface area contributed by atoms with Gasteiger partial charge in [0.2, 0.25) is 21.8 Å². The molecule has 3 aromatic rings. The molecule has 11 nitrogen and oxygen atoms in total. The Hall–Kier alpha value is -3.68. The van der Waals surface area contributed by atoms with Gasteiger partial charge in [0, 0.05) is 17.6 Å². The third-order valence-corrected chi connectivity index (χ3v) is 6.58. The van der Waals surface area contributed by atoms with E-state index in [9.17, 15) is 27.5 Å². The number of hydrogen-bond donors (Lipinski definition) is 4. The monoisotopic (exact) mass is 502 g/mol. The molecule has 1 saturated heterocycles. The maximum absolute atomic E-state index is 13.4. The highest BCUT2D eigenvalue weighted by atomic mass is 32.2. The SMILES string of the molecule is NS(=O)(=O)c1ccc(NC(=O)CN2CCCC(C(=O)N=Nc3c(O)[nH]c4cc(F)ccc34)C2)cc1. The van der Waals surface area contributed by atoms with Gasteiger partial charge in [-0.25, -0.2) is 17.9 Å². The Kier molecular flexibility index (Phi) is 6.91. The van der Waals surface area contributed by atoms with Gasteiger partial charge in [-0.05, 0) is 61.9 Å².